The van der Waals surface area contributed by atoms with E-state index >= 15 is 0 Å². The van der Waals surface area contributed by atoms with E-state index in [1.165, 1.54) is 44.1 Å². The van der Waals surface area contributed by atoms with E-state index in [1.807, 2.05) is 0 Å². The zero-order valence-corrected chi connectivity index (χ0v) is 9.81. The Morgan fingerprint density at radius 3 is 2.56 bits per heavy atom. The van der Waals surface area contributed by atoms with E-state index in [0.29, 0.717) is 0 Å². The van der Waals surface area contributed by atoms with Gasteiger partial charge in [-0.05, 0) is 66.3 Å². The van der Waals surface area contributed by atoms with Gasteiger partial charge in [0.15, 0.2) is 0 Å². The lowest BCUT2D eigenvalue weighted by Crippen LogP contribution is -2.04. The Bertz CT molecular complexity index is 457. The smallest absolute Gasteiger partial charge is 0.0118 e. The SMILES string of the molecule is C=C(N)Cc1cc2c(c3c1CCC3)CCC2. The average molecular weight is 213 g/mol. The summed E-state index contributed by atoms with van der Waals surface area (Å²) in [6, 6.07) is 2.41. The van der Waals surface area contributed by atoms with Crippen molar-refractivity contribution < 1.29 is 0 Å². The lowest BCUT2D eigenvalue weighted by atomic mass is 9.93. The molecule has 0 aliphatic heterocycles. The Labute approximate surface area is 97.4 Å². The molecule has 16 heavy (non-hydrogen) atoms. The summed E-state index contributed by atoms with van der Waals surface area (Å²) in [5.74, 6) is 0. The highest BCUT2D eigenvalue weighted by Gasteiger charge is 2.23. The summed E-state index contributed by atoms with van der Waals surface area (Å²) in [6.07, 6.45) is 8.67. The van der Waals surface area contributed by atoms with E-state index in [2.05, 4.69) is 12.6 Å². The van der Waals surface area contributed by atoms with Gasteiger partial charge in [0.05, 0.1) is 0 Å². The highest BCUT2D eigenvalue weighted by Crippen LogP contribution is 2.36. The zero-order chi connectivity index (χ0) is 11.1. The maximum absolute atomic E-state index is 5.77. The first kappa shape index (κ1) is 9.95. The average Bonchev–Trinajstić information content (AvgIpc) is 2.82. The molecular formula is C15H19N. The molecule has 0 atom stereocenters. The molecule has 84 valence electrons. The van der Waals surface area contributed by atoms with Gasteiger partial charge in [-0.2, -0.15) is 0 Å². The monoisotopic (exact) mass is 213 g/mol. The van der Waals surface area contributed by atoms with Gasteiger partial charge >= 0.3 is 0 Å². The second-order valence-corrected chi connectivity index (χ2v) is 5.17. The third-order valence-corrected chi connectivity index (χ3v) is 4.00. The molecule has 0 bridgehead atoms. The lowest BCUT2D eigenvalue weighted by molar-refractivity contribution is 0.885. The molecule has 0 heterocycles. The molecule has 0 saturated carbocycles. The highest BCUT2D eigenvalue weighted by atomic mass is 14.6. The number of nitrogens with two attached hydrogens (primary N) is 1. The highest BCUT2D eigenvalue weighted by molar-refractivity contribution is 5.51. The van der Waals surface area contributed by atoms with Crippen LogP contribution in [0.25, 0.3) is 0 Å². The zero-order valence-electron chi connectivity index (χ0n) is 9.81. The van der Waals surface area contributed by atoms with Crippen molar-refractivity contribution in [2.24, 2.45) is 5.73 Å². The standard InChI is InChI=1S/C15H19N/c1-10(16)8-12-9-11-4-2-5-13(11)15-7-3-6-14(12)15/h9H,1-8,16H2. The molecular weight excluding hydrogens is 194 g/mol. The van der Waals surface area contributed by atoms with Gasteiger partial charge in [0.2, 0.25) is 0 Å². The van der Waals surface area contributed by atoms with Crippen LogP contribution < -0.4 is 5.73 Å². The van der Waals surface area contributed by atoms with E-state index in [9.17, 15) is 0 Å². The second kappa shape index (κ2) is 3.65. The van der Waals surface area contributed by atoms with E-state index in [0.717, 1.165) is 12.1 Å². The number of fused-ring (bicyclic) bond motifs is 3. The van der Waals surface area contributed by atoms with Crippen molar-refractivity contribution in [3.8, 4) is 0 Å². The number of allylic oxidation sites excluding steroid dienone is 1. The summed E-state index contributed by atoms with van der Waals surface area (Å²) in [5.41, 5.74) is 14.6. The van der Waals surface area contributed by atoms with Crippen molar-refractivity contribution in [1.82, 2.24) is 0 Å². The third-order valence-electron chi connectivity index (χ3n) is 4.00. The van der Waals surface area contributed by atoms with Gasteiger partial charge in [-0.25, -0.2) is 0 Å². The number of benzene rings is 1. The quantitative estimate of drug-likeness (QED) is 0.803. The van der Waals surface area contributed by atoms with Crippen LogP contribution in [0.3, 0.4) is 0 Å². The van der Waals surface area contributed by atoms with Crippen LogP contribution >= 0.6 is 0 Å². The molecule has 0 unspecified atom stereocenters. The molecule has 1 nitrogen and oxygen atoms in total. The Hall–Kier alpha value is -1.24. The Morgan fingerprint density at radius 2 is 1.75 bits per heavy atom. The molecule has 0 aromatic heterocycles. The maximum Gasteiger partial charge on any atom is 0.0118 e. The van der Waals surface area contributed by atoms with Crippen molar-refractivity contribution in [3.63, 3.8) is 0 Å². The van der Waals surface area contributed by atoms with Crippen molar-refractivity contribution in [2.75, 3.05) is 0 Å². The van der Waals surface area contributed by atoms with Crippen LogP contribution in [0.2, 0.25) is 0 Å². The molecule has 2 aliphatic rings. The number of aryl methyl sites for hydroxylation is 1. The summed E-state index contributed by atoms with van der Waals surface area (Å²) in [5, 5.41) is 0. The first-order valence-electron chi connectivity index (χ1n) is 6.34. The van der Waals surface area contributed by atoms with E-state index in [-0.39, 0.29) is 0 Å². The molecule has 0 saturated heterocycles. The fourth-order valence-corrected chi connectivity index (χ4v) is 3.40. The summed E-state index contributed by atoms with van der Waals surface area (Å²) in [6.45, 7) is 3.85. The van der Waals surface area contributed by atoms with Gasteiger partial charge in [0.1, 0.15) is 0 Å². The summed E-state index contributed by atoms with van der Waals surface area (Å²) >= 11 is 0. The number of hydrogen-bond donors (Lipinski definition) is 1. The predicted molar refractivity (Wildman–Crippen MR) is 67.5 cm³/mol. The molecule has 0 radical (unpaired) electrons. The van der Waals surface area contributed by atoms with Crippen LogP contribution in [0.1, 0.15) is 40.7 Å². The summed E-state index contributed by atoms with van der Waals surface area (Å²) < 4.78 is 0. The van der Waals surface area contributed by atoms with Crippen LogP contribution in [-0.4, -0.2) is 0 Å². The normalized spacial score (nSPS) is 17.2. The maximum atomic E-state index is 5.77. The fourth-order valence-electron chi connectivity index (χ4n) is 3.40. The van der Waals surface area contributed by atoms with Crippen molar-refractivity contribution >= 4 is 0 Å². The van der Waals surface area contributed by atoms with Gasteiger partial charge in [0.25, 0.3) is 0 Å². The summed E-state index contributed by atoms with van der Waals surface area (Å²) in [4.78, 5) is 0. The molecule has 1 aromatic carbocycles. The number of rotatable bonds is 2. The predicted octanol–water partition coefficient (Wildman–Crippen LogP) is 2.68. The van der Waals surface area contributed by atoms with Gasteiger partial charge < -0.3 is 5.73 Å². The Morgan fingerprint density at radius 1 is 1.06 bits per heavy atom. The van der Waals surface area contributed by atoms with Crippen LogP contribution in [0.15, 0.2) is 18.3 Å². The Balaban J connectivity index is 2.12. The topological polar surface area (TPSA) is 26.0 Å². The van der Waals surface area contributed by atoms with E-state index < -0.39 is 0 Å². The summed E-state index contributed by atoms with van der Waals surface area (Å²) in [7, 11) is 0. The first-order chi connectivity index (χ1) is 7.75. The molecule has 0 amide bonds. The third kappa shape index (κ3) is 1.46. The van der Waals surface area contributed by atoms with E-state index in [1.54, 1.807) is 22.3 Å². The van der Waals surface area contributed by atoms with E-state index in [4.69, 9.17) is 5.73 Å². The van der Waals surface area contributed by atoms with Crippen LogP contribution in [0.5, 0.6) is 0 Å². The molecule has 0 spiro atoms. The molecule has 2 N–H and O–H groups in total. The fraction of sp³-hybridized carbons (Fsp3) is 0.467. The molecule has 2 aliphatic carbocycles. The molecule has 1 heteroatoms. The van der Waals surface area contributed by atoms with Crippen LogP contribution in [-0.2, 0) is 32.1 Å². The van der Waals surface area contributed by atoms with Crippen molar-refractivity contribution in [1.29, 1.82) is 0 Å². The van der Waals surface area contributed by atoms with Gasteiger partial charge in [0, 0.05) is 12.1 Å². The first-order valence-corrected chi connectivity index (χ1v) is 6.34. The van der Waals surface area contributed by atoms with Gasteiger partial charge in [-0.15, -0.1) is 0 Å². The van der Waals surface area contributed by atoms with Gasteiger partial charge in [-0.1, -0.05) is 12.6 Å². The van der Waals surface area contributed by atoms with Gasteiger partial charge in [-0.3, -0.25) is 0 Å². The molecule has 1 aromatic rings. The second-order valence-electron chi connectivity index (χ2n) is 5.17. The minimum absolute atomic E-state index is 0.798. The molecule has 0 fully saturated rings. The minimum Gasteiger partial charge on any atom is -0.402 e. The van der Waals surface area contributed by atoms with Crippen LogP contribution in [0, 0.1) is 0 Å². The lowest BCUT2D eigenvalue weighted by Gasteiger charge is -2.13. The Kier molecular flexibility index (Phi) is 2.27. The number of hydrogen-bond acceptors (Lipinski definition) is 1. The van der Waals surface area contributed by atoms with Crippen molar-refractivity contribution in [2.45, 2.75) is 44.9 Å². The van der Waals surface area contributed by atoms with Crippen molar-refractivity contribution in [3.05, 3.63) is 46.2 Å². The molecule has 3 rings (SSSR count). The minimum atomic E-state index is 0.798. The largest absolute Gasteiger partial charge is 0.402 e. The van der Waals surface area contributed by atoms with Crippen LogP contribution in [0.4, 0.5) is 0 Å².